The molecule has 1 unspecified atom stereocenters. The van der Waals surface area contributed by atoms with E-state index in [1.807, 2.05) is 76.9 Å². The molecule has 53 heavy (non-hydrogen) atoms. The van der Waals surface area contributed by atoms with Crippen LogP contribution in [-0.4, -0.2) is 97.6 Å². The SMILES string of the molecule is CCC(C)[C@H](NC(=O)[C@@H](NC(=O)[C@@H](NC)C(C)C)C(C)C)[C@@H](CC(=O)N1CCC[C@H]1[C@H](OC)[C@@H](C)C(=O)C[C@@H](Cc1ccccc1)c1nccs1)OC. The molecule has 1 aromatic carbocycles. The van der Waals surface area contributed by atoms with Crippen LogP contribution in [0.15, 0.2) is 41.9 Å². The average molecular weight is 756 g/mol. The lowest BCUT2D eigenvalue weighted by Gasteiger charge is -2.37. The highest BCUT2D eigenvalue weighted by molar-refractivity contribution is 7.09. The maximum absolute atomic E-state index is 14.2. The van der Waals surface area contributed by atoms with Crippen LogP contribution >= 0.6 is 11.3 Å². The number of thiazole rings is 1. The molecule has 0 saturated carbocycles. The Kier molecular flexibility index (Phi) is 18.0. The number of benzene rings is 1. The molecule has 3 N–H and O–H groups in total. The minimum atomic E-state index is -0.760. The fourth-order valence-corrected chi connectivity index (χ4v) is 8.37. The number of methoxy groups -OCH3 is 2. The van der Waals surface area contributed by atoms with Crippen molar-refractivity contribution < 1.29 is 28.7 Å². The van der Waals surface area contributed by atoms with Gasteiger partial charge in [-0.1, -0.05) is 85.2 Å². The summed E-state index contributed by atoms with van der Waals surface area (Å²) in [7, 11) is 4.92. The molecule has 0 aliphatic carbocycles. The van der Waals surface area contributed by atoms with Gasteiger partial charge in [-0.2, -0.15) is 0 Å². The summed E-state index contributed by atoms with van der Waals surface area (Å²) >= 11 is 1.57. The molecule has 3 rings (SSSR count). The zero-order valence-corrected chi connectivity index (χ0v) is 34.4. The topological polar surface area (TPSA) is 139 Å². The second kappa shape index (κ2) is 21.6. The molecule has 12 heteroatoms. The fraction of sp³-hybridized carbons (Fsp3) is 0.683. The molecule has 1 aliphatic rings. The molecule has 1 aliphatic heterocycles. The predicted octanol–water partition coefficient (Wildman–Crippen LogP) is 5.39. The zero-order valence-electron chi connectivity index (χ0n) is 33.6. The van der Waals surface area contributed by atoms with Gasteiger partial charge < -0.3 is 30.3 Å². The Balaban J connectivity index is 1.75. The van der Waals surface area contributed by atoms with Crippen LogP contribution in [0.1, 0.15) is 97.1 Å². The number of nitrogens with one attached hydrogen (secondary N) is 3. The first-order valence-corrected chi connectivity index (χ1v) is 20.2. The Morgan fingerprint density at radius 2 is 1.58 bits per heavy atom. The minimum Gasteiger partial charge on any atom is -0.379 e. The van der Waals surface area contributed by atoms with Gasteiger partial charge in [-0.25, -0.2) is 4.98 Å². The lowest BCUT2D eigenvalue weighted by Crippen LogP contribution is -2.59. The van der Waals surface area contributed by atoms with Crippen molar-refractivity contribution in [3.8, 4) is 0 Å². The van der Waals surface area contributed by atoms with Crippen LogP contribution in [0.5, 0.6) is 0 Å². The summed E-state index contributed by atoms with van der Waals surface area (Å²) in [5.41, 5.74) is 1.15. The number of Topliss-reactive ketones (excluding diaryl/α,β-unsaturated/α-hetero) is 1. The number of nitrogens with zero attached hydrogens (tertiary/aromatic N) is 2. The molecule has 9 atom stereocenters. The second-order valence-corrected chi connectivity index (χ2v) is 16.3. The van der Waals surface area contributed by atoms with E-state index < -0.39 is 36.3 Å². The Bertz CT molecular complexity index is 1420. The maximum Gasteiger partial charge on any atom is 0.243 e. The van der Waals surface area contributed by atoms with Gasteiger partial charge in [-0.05, 0) is 49.6 Å². The predicted molar refractivity (Wildman–Crippen MR) is 211 cm³/mol. The van der Waals surface area contributed by atoms with E-state index in [9.17, 15) is 19.2 Å². The first-order valence-electron chi connectivity index (χ1n) is 19.4. The van der Waals surface area contributed by atoms with E-state index in [2.05, 4.69) is 33.1 Å². The maximum atomic E-state index is 14.2. The fourth-order valence-electron chi connectivity index (χ4n) is 7.63. The van der Waals surface area contributed by atoms with Gasteiger partial charge in [-0.15, -0.1) is 11.3 Å². The number of likely N-dealkylation sites (N-methyl/N-ethyl adjacent to an activating group) is 1. The van der Waals surface area contributed by atoms with Crippen molar-refractivity contribution in [3.63, 3.8) is 0 Å². The van der Waals surface area contributed by atoms with Gasteiger partial charge in [0.25, 0.3) is 0 Å². The molecule has 3 amide bonds. The van der Waals surface area contributed by atoms with E-state index in [1.54, 1.807) is 38.8 Å². The number of ether oxygens (including phenoxy) is 2. The Morgan fingerprint density at radius 3 is 2.13 bits per heavy atom. The van der Waals surface area contributed by atoms with Gasteiger partial charge in [0.15, 0.2) is 0 Å². The lowest BCUT2D eigenvalue weighted by atomic mass is 9.85. The van der Waals surface area contributed by atoms with Gasteiger partial charge in [0.1, 0.15) is 11.8 Å². The smallest absolute Gasteiger partial charge is 0.243 e. The van der Waals surface area contributed by atoms with E-state index in [0.29, 0.717) is 19.4 Å². The summed E-state index contributed by atoms with van der Waals surface area (Å²) in [5.74, 6) is -1.18. The number of hydrogen-bond acceptors (Lipinski definition) is 9. The first kappa shape index (κ1) is 44.2. The molecule has 1 aromatic heterocycles. The van der Waals surface area contributed by atoms with E-state index >= 15 is 0 Å². The number of ketones is 1. The van der Waals surface area contributed by atoms with Crippen molar-refractivity contribution in [1.29, 1.82) is 0 Å². The summed E-state index contributed by atoms with van der Waals surface area (Å²) in [6, 6.07) is 8.22. The number of carbonyl (C=O) groups excluding carboxylic acids is 4. The third kappa shape index (κ3) is 12.2. The van der Waals surface area contributed by atoms with Crippen molar-refractivity contribution in [1.82, 2.24) is 25.8 Å². The molecule has 2 aromatic rings. The summed E-state index contributed by atoms with van der Waals surface area (Å²) in [6.45, 7) is 14.2. The van der Waals surface area contributed by atoms with Crippen LogP contribution in [0.3, 0.4) is 0 Å². The van der Waals surface area contributed by atoms with Crippen molar-refractivity contribution in [2.24, 2.45) is 23.7 Å². The van der Waals surface area contributed by atoms with Crippen LogP contribution in [-0.2, 0) is 35.1 Å². The van der Waals surface area contributed by atoms with Gasteiger partial charge in [0, 0.05) is 50.6 Å². The first-order chi connectivity index (χ1) is 25.3. The van der Waals surface area contributed by atoms with Crippen LogP contribution in [0.25, 0.3) is 0 Å². The largest absolute Gasteiger partial charge is 0.379 e. The quantitative estimate of drug-likeness (QED) is 0.146. The summed E-state index contributed by atoms with van der Waals surface area (Å²) in [6.07, 6.45) is 4.07. The molecule has 1 saturated heterocycles. The zero-order chi connectivity index (χ0) is 39.2. The molecule has 0 bridgehead atoms. The number of carbonyl (C=O) groups is 4. The molecule has 1 fully saturated rings. The highest BCUT2D eigenvalue weighted by atomic mass is 32.1. The number of aromatic nitrogens is 1. The van der Waals surface area contributed by atoms with Gasteiger partial charge in [-0.3, -0.25) is 19.2 Å². The number of likely N-dealkylation sites (tertiary alicyclic amines) is 1. The Hall–Kier alpha value is -3.19. The number of rotatable bonds is 22. The number of amides is 3. The van der Waals surface area contributed by atoms with E-state index in [0.717, 1.165) is 29.8 Å². The van der Waals surface area contributed by atoms with Crippen molar-refractivity contribution in [3.05, 3.63) is 52.5 Å². The summed E-state index contributed by atoms with van der Waals surface area (Å²) in [4.78, 5) is 61.5. The van der Waals surface area contributed by atoms with E-state index in [1.165, 1.54) is 0 Å². The molecular formula is C41H65N5O6S. The second-order valence-electron chi connectivity index (χ2n) is 15.4. The molecule has 296 valence electrons. The van der Waals surface area contributed by atoms with Crippen molar-refractivity contribution in [2.45, 2.75) is 129 Å². The number of hydrogen-bond donors (Lipinski definition) is 3. The highest BCUT2D eigenvalue weighted by Gasteiger charge is 2.42. The monoisotopic (exact) mass is 755 g/mol. The average Bonchev–Trinajstić information content (AvgIpc) is 3.85. The normalized spacial score (nSPS) is 19.2. The van der Waals surface area contributed by atoms with Gasteiger partial charge >= 0.3 is 0 Å². The molecular weight excluding hydrogens is 691 g/mol. The molecule has 11 nitrogen and oxygen atoms in total. The van der Waals surface area contributed by atoms with Crippen LogP contribution in [0.2, 0.25) is 0 Å². The highest BCUT2D eigenvalue weighted by Crippen LogP contribution is 2.32. The standard InChI is InChI=1S/C41H65N5O6S/c1-11-27(6)37(45-40(50)36(26(4)5)44-39(49)35(42-8)25(2)3)33(51-9)24-34(48)46-20-15-18-31(46)38(52-10)28(7)32(47)23-30(41-43-19-21-53-41)22-29-16-13-12-14-17-29/h12-14,16-17,19,21,25-28,30-31,33,35-38,42H,11,15,18,20,22-24H2,1-10H3,(H,44,49)(H,45,50)/t27?,28-,30+,31-,33+,35-,36-,37-,38+/m0/s1. The third-order valence-corrected chi connectivity index (χ3v) is 11.9. The van der Waals surface area contributed by atoms with E-state index in [4.69, 9.17) is 9.47 Å². The summed E-state index contributed by atoms with van der Waals surface area (Å²) in [5, 5.41) is 12.1. The molecule has 0 radical (unpaired) electrons. The Labute approximate surface area is 321 Å². The minimum absolute atomic E-state index is 0.0126. The summed E-state index contributed by atoms with van der Waals surface area (Å²) < 4.78 is 12.0. The third-order valence-electron chi connectivity index (χ3n) is 11.0. The van der Waals surface area contributed by atoms with Gasteiger partial charge in [0.05, 0.1) is 41.8 Å². The van der Waals surface area contributed by atoms with Crippen LogP contribution in [0.4, 0.5) is 0 Å². The van der Waals surface area contributed by atoms with E-state index in [-0.39, 0.29) is 59.6 Å². The molecule has 2 heterocycles. The van der Waals surface area contributed by atoms with Crippen molar-refractivity contribution in [2.75, 3.05) is 27.8 Å². The van der Waals surface area contributed by atoms with Crippen molar-refractivity contribution >= 4 is 34.8 Å². The van der Waals surface area contributed by atoms with Crippen LogP contribution in [0, 0.1) is 23.7 Å². The Morgan fingerprint density at radius 1 is 0.925 bits per heavy atom. The lowest BCUT2D eigenvalue weighted by molar-refractivity contribution is -0.142. The van der Waals surface area contributed by atoms with Gasteiger partial charge in [0.2, 0.25) is 17.7 Å². The molecule has 0 spiro atoms. The van der Waals surface area contributed by atoms with Crippen LogP contribution < -0.4 is 16.0 Å².